The molecule has 0 aliphatic heterocycles. The van der Waals surface area contributed by atoms with E-state index in [1.165, 1.54) is 33.4 Å². The second-order valence-electron chi connectivity index (χ2n) is 14.1. The number of hydrogen-bond donors (Lipinski definition) is 0. The van der Waals surface area contributed by atoms with Crippen LogP contribution in [0, 0.1) is 0 Å². The van der Waals surface area contributed by atoms with Crippen LogP contribution < -0.4 is 0 Å². The quantitative estimate of drug-likeness (QED) is 0.454. The van der Waals surface area contributed by atoms with Crippen LogP contribution in [0.2, 0.25) is 0 Å². The Labute approximate surface area is 193 Å². The zero-order chi connectivity index (χ0) is 24.2. The number of rotatable bonds is 2. The van der Waals surface area contributed by atoms with Crippen molar-refractivity contribution in [2.75, 3.05) is 0 Å². The fraction of sp³-hybridized carbons (Fsp3) is 0.613. The second kappa shape index (κ2) is 7.79. The minimum atomic E-state index is -0.0853. The molecule has 0 saturated carbocycles. The van der Waals surface area contributed by atoms with E-state index in [1.807, 2.05) is 0 Å². The molecule has 0 heteroatoms. The molecule has 2 aromatic rings. The highest BCUT2D eigenvalue weighted by atomic mass is 14.4. The van der Waals surface area contributed by atoms with Gasteiger partial charge < -0.3 is 0 Å². The molecule has 0 N–H and O–H groups in total. The highest BCUT2D eigenvalue weighted by Crippen LogP contribution is 2.46. The third kappa shape index (κ3) is 5.44. The summed E-state index contributed by atoms with van der Waals surface area (Å²) in [5.41, 5.74) is 9.03. The first-order valence-electron chi connectivity index (χ1n) is 12.0. The van der Waals surface area contributed by atoms with Crippen LogP contribution in [-0.4, -0.2) is 0 Å². The topological polar surface area (TPSA) is 0 Å². The highest BCUT2D eigenvalue weighted by Gasteiger charge is 2.36. The maximum Gasteiger partial charge on any atom is 0.0152 e. The molecular weight excluding hydrogens is 372 g/mol. The van der Waals surface area contributed by atoms with Gasteiger partial charge in [0.2, 0.25) is 0 Å². The van der Waals surface area contributed by atoms with Crippen molar-refractivity contribution in [1.29, 1.82) is 0 Å². The molecule has 2 rings (SSSR count). The van der Waals surface area contributed by atoms with E-state index in [2.05, 4.69) is 133 Å². The Hall–Kier alpha value is -1.56. The maximum absolute atomic E-state index is 2.50. The zero-order valence-electron chi connectivity index (χ0n) is 23.0. The first kappa shape index (κ1) is 25.7. The van der Waals surface area contributed by atoms with Crippen LogP contribution in [0.5, 0.6) is 0 Å². The van der Waals surface area contributed by atoms with Crippen LogP contribution in [0.25, 0.3) is 0 Å². The third-order valence-electron chi connectivity index (χ3n) is 6.72. The van der Waals surface area contributed by atoms with Crippen molar-refractivity contribution < 1.29 is 0 Å². The molecule has 0 amide bonds. The van der Waals surface area contributed by atoms with Gasteiger partial charge in [0.15, 0.2) is 0 Å². The summed E-state index contributed by atoms with van der Waals surface area (Å²) in [4.78, 5) is 0. The van der Waals surface area contributed by atoms with Crippen molar-refractivity contribution in [1.82, 2.24) is 0 Å². The molecule has 0 aromatic heterocycles. The van der Waals surface area contributed by atoms with Crippen molar-refractivity contribution >= 4 is 0 Å². The van der Waals surface area contributed by atoms with Gasteiger partial charge in [-0.1, -0.05) is 133 Å². The van der Waals surface area contributed by atoms with E-state index in [0.29, 0.717) is 0 Å². The van der Waals surface area contributed by atoms with E-state index >= 15 is 0 Å². The van der Waals surface area contributed by atoms with Gasteiger partial charge in [0, 0.05) is 5.41 Å². The summed E-state index contributed by atoms with van der Waals surface area (Å²) in [7, 11) is 0. The maximum atomic E-state index is 2.50. The molecule has 0 unspecified atom stereocenters. The molecule has 0 nitrogen and oxygen atoms in total. The minimum absolute atomic E-state index is 0.0687. The summed E-state index contributed by atoms with van der Waals surface area (Å²) in [6.45, 7) is 32.9. The molecule has 0 aliphatic carbocycles. The van der Waals surface area contributed by atoms with E-state index in [9.17, 15) is 0 Å². The van der Waals surface area contributed by atoms with E-state index < -0.39 is 0 Å². The van der Waals surface area contributed by atoms with E-state index in [-0.39, 0.29) is 27.1 Å². The van der Waals surface area contributed by atoms with Gasteiger partial charge in [-0.25, -0.2) is 0 Å². The van der Waals surface area contributed by atoms with Crippen LogP contribution in [0.4, 0.5) is 0 Å². The Bertz CT molecular complexity index is 873. The molecule has 0 saturated heterocycles. The molecule has 0 bridgehead atoms. The van der Waals surface area contributed by atoms with Crippen molar-refractivity contribution in [2.24, 2.45) is 0 Å². The van der Waals surface area contributed by atoms with E-state index in [0.717, 1.165) is 0 Å². The molecule has 172 valence electrons. The van der Waals surface area contributed by atoms with Crippen molar-refractivity contribution in [3.05, 3.63) is 69.8 Å². The van der Waals surface area contributed by atoms with Gasteiger partial charge in [-0.3, -0.25) is 0 Å². The largest absolute Gasteiger partial charge is 0.0582 e. The van der Waals surface area contributed by atoms with Crippen LogP contribution >= 0.6 is 0 Å². The van der Waals surface area contributed by atoms with Gasteiger partial charge in [0.25, 0.3) is 0 Å². The van der Waals surface area contributed by atoms with Crippen LogP contribution in [0.1, 0.15) is 130 Å². The van der Waals surface area contributed by atoms with E-state index in [1.54, 1.807) is 0 Å². The average molecular weight is 421 g/mol. The van der Waals surface area contributed by atoms with Gasteiger partial charge >= 0.3 is 0 Å². The van der Waals surface area contributed by atoms with Gasteiger partial charge in [0.05, 0.1) is 0 Å². The van der Waals surface area contributed by atoms with Crippen molar-refractivity contribution in [3.63, 3.8) is 0 Å². The third-order valence-corrected chi connectivity index (χ3v) is 6.72. The normalized spacial score (nSPS) is 14.1. The van der Waals surface area contributed by atoms with Gasteiger partial charge in [0.1, 0.15) is 0 Å². The molecule has 0 fully saturated rings. The summed E-state index contributed by atoms with van der Waals surface area (Å²) >= 11 is 0. The molecule has 2 aromatic carbocycles. The van der Waals surface area contributed by atoms with Crippen molar-refractivity contribution in [2.45, 2.75) is 124 Å². The monoisotopic (exact) mass is 420 g/mol. The second-order valence-corrected chi connectivity index (χ2v) is 14.1. The lowest BCUT2D eigenvalue weighted by atomic mass is 9.64. The predicted molar refractivity (Wildman–Crippen MR) is 140 cm³/mol. The Balaban J connectivity index is 2.90. The summed E-state index contributed by atoms with van der Waals surface area (Å²) in [6.07, 6.45) is 0. The lowest BCUT2D eigenvalue weighted by molar-refractivity contribution is 0.505. The Kier molecular flexibility index (Phi) is 6.46. The number of hydrogen-bond acceptors (Lipinski definition) is 0. The first-order chi connectivity index (χ1) is 13.7. The average Bonchev–Trinajstić information content (AvgIpc) is 2.57. The van der Waals surface area contributed by atoms with Crippen LogP contribution in [-0.2, 0) is 27.1 Å². The zero-order valence-corrected chi connectivity index (χ0v) is 23.0. The first-order valence-corrected chi connectivity index (χ1v) is 12.0. The summed E-state index contributed by atoms with van der Waals surface area (Å²) in [6, 6.07) is 14.4. The van der Waals surface area contributed by atoms with Gasteiger partial charge in [-0.2, -0.15) is 0 Å². The minimum Gasteiger partial charge on any atom is -0.0582 e. The Morgan fingerprint density at radius 2 is 0.710 bits per heavy atom. The lowest BCUT2D eigenvalue weighted by Gasteiger charge is -2.40. The fourth-order valence-corrected chi connectivity index (χ4v) is 4.46. The molecule has 0 atom stereocenters. The summed E-state index contributed by atoms with van der Waals surface area (Å²) in [5.74, 6) is 0. The number of benzene rings is 2. The molecule has 0 spiro atoms. The summed E-state index contributed by atoms with van der Waals surface area (Å²) in [5, 5.41) is 0. The van der Waals surface area contributed by atoms with Crippen molar-refractivity contribution in [3.8, 4) is 0 Å². The lowest BCUT2D eigenvalue weighted by Crippen LogP contribution is -2.32. The summed E-state index contributed by atoms with van der Waals surface area (Å²) < 4.78 is 0. The molecule has 0 radical (unpaired) electrons. The molecule has 0 aliphatic rings. The highest BCUT2D eigenvalue weighted by molar-refractivity contribution is 5.54. The fourth-order valence-electron chi connectivity index (χ4n) is 4.46. The Morgan fingerprint density at radius 3 is 1.00 bits per heavy atom. The van der Waals surface area contributed by atoms with Crippen LogP contribution in [0.15, 0.2) is 36.4 Å². The predicted octanol–water partition coefficient (Wildman–Crippen LogP) is 9.20. The molecular formula is C31H48. The van der Waals surface area contributed by atoms with Gasteiger partial charge in [-0.05, 0) is 55.0 Å². The van der Waals surface area contributed by atoms with E-state index in [4.69, 9.17) is 0 Å². The Morgan fingerprint density at radius 1 is 0.387 bits per heavy atom. The smallest absolute Gasteiger partial charge is 0.0152 e. The standard InChI is InChI=1S/C31H48/c1-27(2,3)21-15-17-22(18-16-21)31(13,14)26-24(29(7,8)9)19-23(28(4,5)6)20-25(26)30(10,11)12/h15-20H,1-14H3. The SMILES string of the molecule is CC(C)(C)c1ccc(C(C)(C)c2c(C(C)(C)C)cc(C(C)(C)C)cc2C(C)(C)C)cc1. The van der Waals surface area contributed by atoms with Gasteiger partial charge in [-0.15, -0.1) is 0 Å². The molecule has 31 heavy (non-hydrogen) atoms. The molecule has 0 heterocycles. The van der Waals surface area contributed by atoms with Crippen LogP contribution in [0.3, 0.4) is 0 Å².